The molecule has 0 saturated carbocycles. The van der Waals surface area contributed by atoms with Gasteiger partial charge < -0.3 is 9.15 Å². The minimum Gasteiger partial charge on any atom is -0.497 e. The van der Waals surface area contributed by atoms with Crippen LogP contribution in [0.5, 0.6) is 5.75 Å². The molecule has 2 aromatic heterocycles. The molecule has 0 atom stereocenters. The smallest absolute Gasteiger partial charge is 0.236 e. The minimum absolute atomic E-state index is 0.726. The van der Waals surface area contributed by atoms with Gasteiger partial charge in [-0.1, -0.05) is 18.2 Å². The van der Waals surface area contributed by atoms with E-state index < -0.39 is 0 Å². The average Bonchev–Trinajstić information content (AvgIpc) is 3.18. The molecule has 0 spiro atoms. The molecule has 22 heavy (non-hydrogen) atoms. The second-order valence-corrected chi connectivity index (χ2v) is 6.78. The number of benzene rings is 1. The lowest BCUT2D eigenvalue weighted by Crippen LogP contribution is -1.88. The summed E-state index contributed by atoms with van der Waals surface area (Å²) in [5.41, 5.74) is 2.28. The van der Waals surface area contributed by atoms with Crippen molar-refractivity contribution in [2.75, 3.05) is 7.11 Å². The van der Waals surface area contributed by atoms with Crippen LogP contribution < -0.4 is 4.74 Å². The van der Waals surface area contributed by atoms with Crippen molar-refractivity contribution in [2.45, 2.75) is 18.4 Å². The molecular formula is C17H17NO2S2. The van der Waals surface area contributed by atoms with Crippen LogP contribution in [0.4, 0.5) is 0 Å². The van der Waals surface area contributed by atoms with Crippen molar-refractivity contribution < 1.29 is 9.15 Å². The van der Waals surface area contributed by atoms with E-state index in [2.05, 4.69) is 17.1 Å². The van der Waals surface area contributed by atoms with E-state index in [0.717, 1.165) is 39.5 Å². The molecule has 3 rings (SSSR count). The van der Waals surface area contributed by atoms with E-state index in [4.69, 9.17) is 9.15 Å². The molecule has 3 aromatic rings. The molecular weight excluding hydrogens is 314 g/mol. The van der Waals surface area contributed by atoms with Crippen LogP contribution in [0.2, 0.25) is 0 Å². The third-order valence-corrected chi connectivity index (χ3v) is 5.14. The van der Waals surface area contributed by atoms with Gasteiger partial charge in [-0.2, -0.15) is 11.8 Å². The second kappa shape index (κ2) is 7.03. The van der Waals surface area contributed by atoms with Crippen LogP contribution in [0.1, 0.15) is 17.0 Å². The van der Waals surface area contributed by atoms with Crippen LogP contribution in [-0.4, -0.2) is 12.1 Å². The lowest BCUT2D eigenvalue weighted by Gasteiger charge is -2.03. The molecule has 0 aliphatic heterocycles. The predicted octanol–water partition coefficient (Wildman–Crippen LogP) is 5.15. The molecule has 0 bridgehead atoms. The van der Waals surface area contributed by atoms with E-state index in [0.29, 0.717) is 0 Å². The molecule has 3 nitrogen and oxygen atoms in total. The maximum absolute atomic E-state index is 5.76. The predicted molar refractivity (Wildman–Crippen MR) is 92.5 cm³/mol. The van der Waals surface area contributed by atoms with Crippen molar-refractivity contribution in [3.63, 3.8) is 0 Å². The van der Waals surface area contributed by atoms with Crippen LogP contribution in [0.3, 0.4) is 0 Å². The van der Waals surface area contributed by atoms with Crippen molar-refractivity contribution in [2.24, 2.45) is 0 Å². The lowest BCUT2D eigenvalue weighted by molar-refractivity contribution is 0.414. The molecule has 0 radical (unpaired) electrons. The lowest BCUT2D eigenvalue weighted by atomic mass is 10.2. The van der Waals surface area contributed by atoms with Crippen molar-refractivity contribution in [3.8, 4) is 16.5 Å². The van der Waals surface area contributed by atoms with Gasteiger partial charge in [0.25, 0.3) is 0 Å². The van der Waals surface area contributed by atoms with Crippen molar-refractivity contribution >= 4 is 23.1 Å². The Kier molecular flexibility index (Phi) is 4.85. The Bertz CT molecular complexity index is 735. The zero-order valence-corrected chi connectivity index (χ0v) is 14.2. The van der Waals surface area contributed by atoms with Gasteiger partial charge in [-0.05, 0) is 36.1 Å². The quantitative estimate of drug-likeness (QED) is 0.625. The van der Waals surface area contributed by atoms with E-state index in [1.165, 1.54) is 5.56 Å². The first-order chi connectivity index (χ1) is 10.8. The first-order valence-corrected chi connectivity index (χ1v) is 9.00. The molecule has 2 heterocycles. The Labute approximate surface area is 138 Å². The molecule has 1 aromatic carbocycles. The number of oxazole rings is 1. The van der Waals surface area contributed by atoms with Gasteiger partial charge in [0.15, 0.2) is 0 Å². The normalized spacial score (nSPS) is 10.8. The third-order valence-electron chi connectivity index (χ3n) is 3.27. The van der Waals surface area contributed by atoms with Crippen LogP contribution in [0.15, 0.2) is 46.2 Å². The Morgan fingerprint density at radius 2 is 2.14 bits per heavy atom. The molecule has 0 saturated heterocycles. The standard InChI is InChI=1S/C17H17NO2S2/c1-12-15(18-17(20-12)16-7-4-8-22-16)11-21-10-13-5-3-6-14(9-13)19-2/h3-9H,10-11H2,1-2H3. The Morgan fingerprint density at radius 1 is 1.23 bits per heavy atom. The van der Waals surface area contributed by atoms with E-state index in [1.807, 2.05) is 48.3 Å². The summed E-state index contributed by atoms with van der Waals surface area (Å²) < 4.78 is 11.0. The average molecular weight is 331 g/mol. The largest absolute Gasteiger partial charge is 0.497 e. The van der Waals surface area contributed by atoms with Gasteiger partial charge in [-0.3, -0.25) is 0 Å². The Hall–Kier alpha value is -1.72. The third kappa shape index (κ3) is 3.54. The molecule has 0 amide bonds. The molecule has 0 N–H and O–H groups in total. The van der Waals surface area contributed by atoms with Crippen LogP contribution in [-0.2, 0) is 11.5 Å². The maximum atomic E-state index is 5.76. The number of hydrogen-bond acceptors (Lipinski definition) is 5. The topological polar surface area (TPSA) is 35.3 Å². The van der Waals surface area contributed by atoms with Gasteiger partial charge in [0, 0.05) is 11.5 Å². The Morgan fingerprint density at radius 3 is 2.91 bits per heavy atom. The summed E-state index contributed by atoms with van der Waals surface area (Å²) in [4.78, 5) is 5.69. The second-order valence-electron chi connectivity index (χ2n) is 4.84. The monoisotopic (exact) mass is 331 g/mol. The number of thiophene rings is 1. The highest BCUT2D eigenvalue weighted by Crippen LogP contribution is 2.28. The highest BCUT2D eigenvalue weighted by Gasteiger charge is 2.12. The first-order valence-electron chi connectivity index (χ1n) is 6.97. The number of aromatic nitrogens is 1. The molecule has 0 fully saturated rings. The number of rotatable bonds is 6. The summed E-state index contributed by atoms with van der Waals surface area (Å²) in [6.07, 6.45) is 0. The number of methoxy groups -OCH3 is 1. The first kappa shape index (κ1) is 15.2. The fourth-order valence-corrected chi connectivity index (χ4v) is 3.72. The highest BCUT2D eigenvalue weighted by atomic mass is 32.2. The summed E-state index contributed by atoms with van der Waals surface area (Å²) in [6.45, 7) is 1.98. The SMILES string of the molecule is COc1cccc(CSCc2nc(-c3cccs3)oc2C)c1. The van der Waals surface area contributed by atoms with Crippen molar-refractivity contribution in [1.29, 1.82) is 0 Å². The van der Waals surface area contributed by atoms with E-state index in [-0.39, 0.29) is 0 Å². The summed E-state index contributed by atoms with van der Waals surface area (Å²) in [5, 5.41) is 2.03. The van der Waals surface area contributed by atoms with E-state index in [1.54, 1.807) is 18.4 Å². The maximum Gasteiger partial charge on any atom is 0.236 e. The van der Waals surface area contributed by atoms with E-state index in [9.17, 15) is 0 Å². The van der Waals surface area contributed by atoms with Gasteiger partial charge in [0.2, 0.25) is 5.89 Å². The zero-order valence-electron chi connectivity index (χ0n) is 12.5. The summed E-state index contributed by atoms with van der Waals surface area (Å²) in [7, 11) is 1.69. The molecule has 5 heteroatoms. The molecule has 114 valence electrons. The van der Waals surface area contributed by atoms with Crippen LogP contribution >= 0.6 is 23.1 Å². The summed E-state index contributed by atoms with van der Waals surface area (Å²) >= 11 is 3.47. The number of thioether (sulfide) groups is 1. The summed E-state index contributed by atoms with van der Waals surface area (Å²) in [5.74, 6) is 4.30. The Balaban J connectivity index is 1.62. The van der Waals surface area contributed by atoms with E-state index >= 15 is 0 Å². The number of nitrogens with zero attached hydrogens (tertiary/aromatic N) is 1. The highest BCUT2D eigenvalue weighted by molar-refractivity contribution is 7.97. The fraction of sp³-hybridized carbons (Fsp3) is 0.235. The van der Waals surface area contributed by atoms with Crippen molar-refractivity contribution in [3.05, 3.63) is 58.8 Å². The van der Waals surface area contributed by atoms with Gasteiger partial charge in [0.05, 0.1) is 17.7 Å². The molecule has 0 unspecified atom stereocenters. The number of aryl methyl sites for hydroxylation is 1. The van der Waals surface area contributed by atoms with Gasteiger partial charge in [0.1, 0.15) is 11.5 Å². The minimum atomic E-state index is 0.726. The van der Waals surface area contributed by atoms with Crippen molar-refractivity contribution in [1.82, 2.24) is 4.98 Å². The van der Waals surface area contributed by atoms with Gasteiger partial charge in [-0.15, -0.1) is 11.3 Å². The zero-order chi connectivity index (χ0) is 15.4. The van der Waals surface area contributed by atoms with Crippen LogP contribution in [0, 0.1) is 6.92 Å². The number of ether oxygens (including phenoxy) is 1. The summed E-state index contributed by atoms with van der Waals surface area (Å²) in [6, 6.07) is 12.2. The van der Waals surface area contributed by atoms with Gasteiger partial charge in [-0.25, -0.2) is 4.98 Å². The molecule has 0 aliphatic carbocycles. The van der Waals surface area contributed by atoms with Gasteiger partial charge >= 0.3 is 0 Å². The van der Waals surface area contributed by atoms with Crippen LogP contribution in [0.25, 0.3) is 10.8 Å². The molecule has 0 aliphatic rings. The fourth-order valence-electron chi connectivity index (χ4n) is 2.10. The number of hydrogen-bond donors (Lipinski definition) is 0.